The predicted molar refractivity (Wildman–Crippen MR) is 111 cm³/mol. The Balaban J connectivity index is 1.63. The molecule has 27 heavy (non-hydrogen) atoms. The average Bonchev–Trinajstić information content (AvgIpc) is 2.68. The zero-order chi connectivity index (χ0) is 19.2. The number of benzene rings is 2. The highest BCUT2D eigenvalue weighted by Crippen LogP contribution is 2.16. The Bertz CT molecular complexity index is 869. The van der Waals surface area contributed by atoms with Gasteiger partial charge in [-0.2, -0.15) is 0 Å². The summed E-state index contributed by atoms with van der Waals surface area (Å²) in [7, 11) is 0. The van der Waals surface area contributed by atoms with Gasteiger partial charge in [0.1, 0.15) is 0 Å². The van der Waals surface area contributed by atoms with Crippen molar-refractivity contribution in [1.29, 1.82) is 0 Å². The SMILES string of the molecule is O=C(NC(=S)Nc1cccc(C(=O)N2CCOCC2)c1)c1ccccc1Br. The molecule has 3 rings (SSSR count). The van der Waals surface area contributed by atoms with E-state index < -0.39 is 0 Å². The minimum Gasteiger partial charge on any atom is -0.378 e. The predicted octanol–water partition coefficient (Wildman–Crippen LogP) is 3.05. The van der Waals surface area contributed by atoms with Crippen molar-refractivity contribution in [2.24, 2.45) is 0 Å². The largest absolute Gasteiger partial charge is 0.378 e. The first-order valence-electron chi connectivity index (χ1n) is 8.38. The summed E-state index contributed by atoms with van der Waals surface area (Å²) < 4.78 is 5.96. The lowest BCUT2D eigenvalue weighted by Gasteiger charge is -2.27. The smallest absolute Gasteiger partial charge is 0.258 e. The van der Waals surface area contributed by atoms with Gasteiger partial charge >= 0.3 is 0 Å². The fourth-order valence-electron chi connectivity index (χ4n) is 2.66. The summed E-state index contributed by atoms with van der Waals surface area (Å²) in [4.78, 5) is 26.6. The molecule has 8 heteroatoms. The molecule has 1 aliphatic heterocycles. The van der Waals surface area contributed by atoms with E-state index in [-0.39, 0.29) is 16.9 Å². The summed E-state index contributed by atoms with van der Waals surface area (Å²) in [6.45, 7) is 2.26. The number of carbonyl (C=O) groups is 2. The lowest BCUT2D eigenvalue weighted by molar-refractivity contribution is 0.0303. The molecule has 0 aliphatic carbocycles. The highest BCUT2D eigenvalue weighted by atomic mass is 79.9. The molecule has 0 atom stereocenters. The molecule has 0 bridgehead atoms. The molecular weight excluding hydrogens is 430 g/mol. The maximum absolute atomic E-state index is 12.6. The molecular formula is C19H18BrN3O3S. The number of nitrogens with one attached hydrogen (secondary N) is 2. The fraction of sp³-hybridized carbons (Fsp3) is 0.211. The van der Waals surface area contributed by atoms with Crippen LogP contribution in [-0.2, 0) is 4.74 Å². The molecule has 1 aliphatic rings. The van der Waals surface area contributed by atoms with Crippen LogP contribution in [0.2, 0.25) is 0 Å². The van der Waals surface area contributed by atoms with Crippen molar-refractivity contribution in [3.05, 3.63) is 64.1 Å². The second-order valence-corrected chi connectivity index (χ2v) is 7.14. The van der Waals surface area contributed by atoms with Crippen molar-refractivity contribution in [2.45, 2.75) is 0 Å². The van der Waals surface area contributed by atoms with E-state index in [2.05, 4.69) is 26.6 Å². The van der Waals surface area contributed by atoms with Crippen LogP contribution in [0.4, 0.5) is 5.69 Å². The molecule has 140 valence electrons. The van der Waals surface area contributed by atoms with Crippen LogP contribution < -0.4 is 10.6 Å². The Kier molecular flexibility index (Phi) is 6.54. The maximum Gasteiger partial charge on any atom is 0.258 e. The molecule has 0 aromatic heterocycles. The van der Waals surface area contributed by atoms with Crippen LogP contribution in [0.15, 0.2) is 53.0 Å². The highest BCUT2D eigenvalue weighted by Gasteiger charge is 2.19. The van der Waals surface area contributed by atoms with E-state index in [0.717, 1.165) is 0 Å². The Labute approximate surface area is 171 Å². The lowest BCUT2D eigenvalue weighted by atomic mass is 10.1. The van der Waals surface area contributed by atoms with Crippen molar-refractivity contribution >= 4 is 50.8 Å². The van der Waals surface area contributed by atoms with E-state index >= 15 is 0 Å². The molecule has 0 spiro atoms. The monoisotopic (exact) mass is 447 g/mol. The summed E-state index contributed by atoms with van der Waals surface area (Å²) >= 11 is 8.56. The van der Waals surface area contributed by atoms with Crippen LogP contribution in [0.5, 0.6) is 0 Å². The summed E-state index contributed by atoms with van der Waals surface area (Å²) in [5, 5.41) is 5.75. The number of ether oxygens (including phenoxy) is 1. The Morgan fingerprint density at radius 2 is 1.81 bits per heavy atom. The van der Waals surface area contributed by atoms with Gasteiger partial charge in [0.2, 0.25) is 0 Å². The number of hydrogen-bond acceptors (Lipinski definition) is 4. The lowest BCUT2D eigenvalue weighted by Crippen LogP contribution is -2.40. The molecule has 1 heterocycles. The van der Waals surface area contributed by atoms with Crippen molar-refractivity contribution < 1.29 is 14.3 Å². The van der Waals surface area contributed by atoms with Gasteiger partial charge < -0.3 is 15.0 Å². The number of halogens is 1. The number of anilines is 1. The molecule has 2 aromatic rings. The van der Waals surface area contributed by atoms with Gasteiger partial charge in [-0.05, 0) is 58.5 Å². The molecule has 0 saturated carbocycles. The summed E-state index contributed by atoms with van der Waals surface area (Å²) in [6, 6.07) is 14.1. The average molecular weight is 448 g/mol. The number of thiocarbonyl (C=S) groups is 1. The Hall–Kier alpha value is -2.29. The third-order valence-corrected chi connectivity index (χ3v) is 4.91. The van der Waals surface area contributed by atoms with Crippen LogP contribution in [0, 0.1) is 0 Å². The van der Waals surface area contributed by atoms with Crippen LogP contribution >= 0.6 is 28.1 Å². The van der Waals surface area contributed by atoms with Crippen LogP contribution in [0.25, 0.3) is 0 Å². The van der Waals surface area contributed by atoms with Crippen LogP contribution in [-0.4, -0.2) is 48.1 Å². The summed E-state index contributed by atoms with van der Waals surface area (Å²) in [5.74, 6) is -0.370. The first-order valence-corrected chi connectivity index (χ1v) is 9.58. The number of hydrogen-bond donors (Lipinski definition) is 2. The molecule has 2 aromatic carbocycles. The third-order valence-electron chi connectivity index (χ3n) is 4.01. The van der Waals surface area contributed by atoms with Crippen LogP contribution in [0.3, 0.4) is 0 Å². The molecule has 2 N–H and O–H groups in total. The maximum atomic E-state index is 12.6. The second kappa shape index (κ2) is 9.07. The third kappa shape index (κ3) is 5.12. The van der Waals surface area contributed by atoms with E-state index in [1.807, 2.05) is 6.07 Å². The minimum absolute atomic E-state index is 0.0508. The molecule has 1 saturated heterocycles. The number of morpholine rings is 1. The number of rotatable bonds is 3. The summed E-state index contributed by atoms with van der Waals surface area (Å²) in [6.07, 6.45) is 0. The van der Waals surface area contributed by atoms with Crippen LogP contribution in [0.1, 0.15) is 20.7 Å². The van der Waals surface area contributed by atoms with Gasteiger partial charge in [-0.1, -0.05) is 18.2 Å². The quantitative estimate of drug-likeness (QED) is 0.707. The standard InChI is InChI=1S/C19H18BrN3O3S/c20-16-7-2-1-6-15(16)17(24)22-19(27)21-14-5-3-4-13(12-14)18(25)23-8-10-26-11-9-23/h1-7,12H,8-11H2,(H2,21,22,24,27). The van der Waals surface area contributed by atoms with Gasteiger partial charge in [0.05, 0.1) is 18.8 Å². The van der Waals surface area contributed by atoms with E-state index in [9.17, 15) is 9.59 Å². The van der Waals surface area contributed by atoms with Gasteiger partial charge in [0, 0.05) is 28.8 Å². The fourth-order valence-corrected chi connectivity index (χ4v) is 3.33. The first kappa shape index (κ1) is 19.5. The van der Waals surface area contributed by atoms with Crippen molar-refractivity contribution in [3.63, 3.8) is 0 Å². The van der Waals surface area contributed by atoms with Gasteiger partial charge in [0.25, 0.3) is 11.8 Å². The Morgan fingerprint density at radius 1 is 1.07 bits per heavy atom. The number of carbonyl (C=O) groups excluding carboxylic acids is 2. The van der Waals surface area contributed by atoms with E-state index in [0.29, 0.717) is 47.6 Å². The second-order valence-electron chi connectivity index (χ2n) is 5.87. The molecule has 2 amide bonds. The molecule has 1 fully saturated rings. The zero-order valence-corrected chi connectivity index (χ0v) is 16.8. The van der Waals surface area contributed by atoms with E-state index in [1.54, 1.807) is 47.4 Å². The zero-order valence-electron chi connectivity index (χ0n) is 14.4. The van der Waals surface area contributed by atoms with Gasteiger partial charge in [-0.25, -0.2) is 0 Å². The Morgan fingerprint density at radius 3 is 2.56 bits per heavy atom. The normalized spacial score (nSPS) is 13.7. The van der Waals surface area contributed by atoms with Gasteiger partial charge in [-0.15, -0.1) is 0 Å². The van der Waals surface area contributed by atoms with Gasteiger partial charge in [0.15, 0.2) is 5.11 Å². The number of nitrogens with zero attached hydrogens (tertiary/aromatic N) is 1. The molecule has 0 radical (unpaired) electrons. The van der Waals surface area contributed by atoms with E-state index in [4.69, 9.17) is 17.0 Å². The van der Waals surface area contributed by atoms with E-state index in [1.165, 1.54) is 0 Å². The van der Waals surface area contributed by atoms with Gasteiger partial charge in [-0.3, -0.25) is 14.9 Å². The topological polar surface area (TPSA) is 70.7 Å². The highest BCUT2D eigenvalue weighted by molar-refractivity contribution is 9.10. The first-order chi connectivity index (χ1) is 13.0. The molecule has 0 unspecified atom stereocenters. The summed E-state index contributed by atoms with van der Waals surface area (Å²) in [5.41, 5.74) is 1.67. The van der Waals surface area contributed by atoms with Crippen molar-refractivity contribution in [1.82, 2.24) is 10.2 Å². The van der Waals surface area contributed by atoms with Crippen molar-refractivity contribution in [2.75, 3.05) is 31.6 Å². The molecule has 6 nitrogen and oxygen atoms in total. The minimum atomic E-state index is -0.319. The van der Waals surface area contributed by atoms with Crippen molar-refractivity contribution in [3.8, 4) is 0 Å². The number of amides is 2.